The lowest BCUT2D eigenvalue weighted by Gasteiger charge is -2.18. The van der Waals surface area contributed by atoms with E-state index < -0.39 is 0 Å². The SMILES string of the molecule is CCCNC(C)(C)C#Cc1ccccc1. The van der Waals surface area contributed by atoms with Crippen LogP contribution in [0.4, 0.5) is 0 Å². The zero-order valence-electron chi connectivity index (χ0n) is 9.80. The van der Waals surface area contributed by atoms with Gasteiger partial charge in [-0.25, -0.2) is 0 Å². The van der Waals surface area contributed by atoms with Crippen LogP contribution in [0.5, 0.6) is 0 Å². The summed E-state index contributed by atoms with van der Waals surface area (Å²) in [5.41, 5.74) is 0.968. The van der Waals surface area contributed by atoms with Gasteiger partial charge in [-0.1, -0.05) is 37.0 Å². The van der Waals surface area contributed by atoms with Crippen LogP contribution in [0.15, 0.2) is 30.3 Å². The lowest BCUT2D eigenvalue weighted by Crippen LogP contribution is -2.38. The molecule has 1 nitrogen and oxygen atoms in total. The molecule has 0 aromatic heterocycles. The van der Waals surface area contributed by atoms with Crippen molar-refractivity contribution in [3.8, 4) is 11.8 Å². The number of nitrogens with one attached hydrogen (secondary N) is 1. The third-order valence-electron chi connectivity index (χ3n) is 2.11. The third-order valence-corrected chi connectivity index (χ3v) is 2.11. The van der Waals surface area contributed by atoms with E-state index in [0.29, 0.717) is 0 Å². The van der Waals surface area contributed by atoms with Crippen LogP contribution in [-0.4, -0.2) is 12.1 Å². The topological polar surface area (TPSA) is 12.0 Å². The Bertz CT molecular complexity index is 341. The molecule has 0 aliphatic heterocycles. The number of rotatable bonds is 3. The van der Waals surface area contributed by atoms with Gasteiger partial charge in [0.2, 0.25) is 0 Å². The molecule has 0 aliphatic rings. The molecule has 1 aromatic rings. The van der Waals surface area contributed by atoms with Gasteiger partial charge >= 0.3 is 0 Å². The second-order valence-electron chi connectivity index (χ2n) is 4.17. The molecule has 0 heterocycles. The van der Waals surface area contributed by atoms with Crippen molar-refractivity contribution >= 4 is 0 Å². The molecule has 0 fully saturated rings. The Labute approximate surface area is 92.9 Å². The highest BCUT2D eigenvalue weighted by atomic mass is 14.9. The Balaban J connectivity index is 2.64. The molecule has 0 spiro atoms. The summed E-state index contributed by atoms with van der Waals surface area (Å²) in [5.74, 6) is 6.43. The predicted octanol–water partition coefficient (Wildman–Crippen LogP) is 2.82. The summed E-state index contributed by atoms with van der Waals surface area (Å²) in [4.78, 5) is 0. The van der Waals surface area contributed by atoms with E-state index in [9.17, 15) is 0 Å². The molecule has 0 aliphatic carbocycles. The second kappa shape index (κ2) is 5.58. The third kappa shape index (κ3) is 4.67. The summed E-state index contributed by atoms with van der Waals surface area (Å²) in [6.07, 6.45) is 1.14. The smallest absolute Gasteiger partial charge is 0.0747 e. The molecule has 0 bridgehead atoms. The fourth-order valence-electron chi connectivity index (χ4n) is 1.23. The summed E-state index contributed by atoms with van der Waals surface area (Å²) in [6.45, 7) is 7.39. The van der Waals surface area contributed by atoms with Crippen LogP contribution in [0.1, 0.15) is 32.8 Å². The number of benzene rings is 1. The minimum atomic E-state index is -0.105. The Hall–Kier alpha value is -1.26. The highest BCUT2D eigenvalue weighted by Crippen LogP contribution is 2.01. The van der Waals surface area contributed by atoms with E-state index >= 15 is 0 Å². The Morgan fingerprint density at radius 1 is 1.20 bits per heavy atom. The first-order valence-electron chi connectivity index (χ1n) is 5.47. The van der Waals surface area contributed by atoms with Crippen LogP contribution in [0.3, 0.4) is 0 Å². The normalized spacial score (nSPS) is 10.6. The van der Waals surface area contributed by atoms with Gasteiger partial charge in [-0.3, -0.25) is 0 Å². The molecule has 1 rings (SSSR count). The van der Waals surface area contributed by atoms with Crippen molar-refractivity contribution in [2.75, 3.05) is 6.54 Å². The summed E-state index contributed by atoms with van der Waals surface area (Å²) in [7, 11) is 0. The van der Waals surface area contributed by atoms with E-state index in [0.717, 1.165) is 18.5 Å². The summed E-state index contributed by atoms with van der Waals surface area (Å²) in [6, 6.07) is 10.1. The zero-order chi connectivity index (χ0) is 11.1. The zero-order valence-corrected chi connectivity index (χ0v) is 9.80. The van der Waals surface area contributed by atoms with Gasteiger partial charge in [0, 0.05) is 5.56 Å². The molecule has 0 radical (unpaired) electrons. The van der Waals surface area contributed by atoms with Gasteiger partial charge in [-0.15, -0.1) is 0 Å². The molecule has 0 amide bonds. The molecular formula is C14H19N. The Morgan fingerprint density at radius 3 is 2.47 bits per heavy atom. The van der Waals surface area contributed by atoms with Crippen molar-refractivity contribution in [3.05, 3.63) is 35.9 Å². The van der Waals surface area contributed by atoms with Crippen molar-refractivity contribution in [1.82, 2.24) is 5.32 Å². The number of hydrogen-bond acceptors (Lipinski definition) is 1. The molecule has 80 valence electrons. The maximum absolute atomic E-state index is 3.41. The predicted molar refractivity (Wildman–Crippen MR) is 65.7 cm³/mol. The van der Waals surface area contributed by atoms with E-state index in [1.54, 1.807) is 0 Å². The van der Waals surface area contributed by atoms with Crippen LogP contribution >= 0.6 is 0 Å². The van der Waals surface area contributed by atoms with Gasteiger partial charge < -0.3 is 5.32 Å². The fraction of sp³-hybridized carbons (Fsp3) is 0.429. The quantitative estimate of drug-likeness (QED) is 0.741. The molecular weight excluding hydrogens is 182 g/mol. The average Bonchev–Trinajstić information content (AvgIpc) is 2.25. The lowest BCUT2D eigenvalue weighted by atomic mass is 10.1. The fourth-order valence-corrected chi connectivity index (χ4v) is 1.23. The molecule has 1 N–H and O–H groups in total. The van der Waals surface area contributed by atoms with Crippen LogP contribution < -0.4 is 5.32 Å². The highest BCUT2D eigenvalue weighted by Gasteiger charge is 2.11. The maximum atomic E-state index is 3.41. The van der Waals surface area contributed by atoms with Gasteiger partial charge in [0.15, 0.2) is 0 Å². The summed E-state index contributed by atoms with van der Waals surface area (Å²) < 4.78 is 0. The minimum absolute atomic E-state index is 0.105. The van der Waals surface area contributed by atoms with E-state index in [1.807, 2.05) is 30.3 Å². The molecule has 0 saturated heterocycles. The molecule has 0 saturated carbocycles. The summed E-state index contributed by atoms with van der Waals surface area (Å²) in [5, 5.41) is 3.41. The first-order chi connectivity index (χ1) is 7.14. The molecule has 1 heteroatoms. The van der Waals surface area contributed by atoms with Crippen LogP contribution in [-0.2, 0) is 0 Å². The maximum Gasteiger partial charge on any atom is 0.0747 e. The van der Waals surface area contributed by atoms with Gasteiger partial charge in [0.1, 0.15) is 0 Å². The Kier molecular flexibility index (Phi) is 4.39. The highest BCUT2D eigenvalue weighted by molar-refractivity contribution is 5.36. The van der Waals surface area contributed by atoms with Gasteiger partial charge in [0.05, 0.1) is 5.54 Å². The van der Waals surface area contributed by atoms with Gasteiger partial charge in [-0.05, 0) is 38.9 Å². The molecule has 1 aromatic carbocycles. The van der Waals surface area contributed by atoms with Gasteiger partial charge in [-0.2, -0.15) is 0 Å². The monoisotopic (exact) mass is 201 g/mol. The minimum Gasteiger partial charge on any atom is -0.302 e. The molecule has 0 atom stereocenters. The van der Waals surface area contributed by atoms with Crippen molar-refractivity contribution in [1.29, 1.82) is 0 Å². The van der Waals surface area contributed by atoms with E-state index in [2.05, 4.69) is 37.9 Å². The van der Waals surface area contributed by atoms with E-state index in [1.165, 1.54) is 0 Å². The van der Waals surface area contributed by atoms with Crippen LogP contribution in [0, 0.1) is 11.8 Å². The second-order valence-corrected chi connectivity index (χ2v) is 4.17. The van der Waals surface area contributed by atoms with Crippen LogP contribution in [0.2, 0.25) is 0 Å². The first-order valence-corrected chi connectivity index (χ1v) is 5.47. The largest absolute Gasteiger partial charge is 0.302 e. The van der Waals surface area contributed by atoms with Crippen molar-refractivity contribution < 1.29 is 0 Å². The average molecular weight is 201 g/mol. The van der Waals surface area contributed by atoms with Crippen molar-refractivity contribution in [2.45, 2.75) is 32.7 Å². The Morgan fingerprint density at radius 2 is 1.87 bits per heavy atom. The van der Waals surface area contributed by atoms with Crippen LogP contribution in [0.25, 0.3) is 0 Å². The van der Waals surface area contributed by atoms with Gasteiger partial charge in [0.25, 0.3) is 0 Å². The first kappa shape index (κ1) is 11.8. The molecule has 15 heavy (non-hydrogen) atoms. The van der Waals surface area contributed by atoms with Crippen molar-refractivity contribution in [2.24, 2.45) is 0 Å². The standard InChI is InChI=1S/C14H19N/c1-4-12-15-14(2,3)11-10-13-8-6-5-7-9-13/h5-9,15H,4,12H2,1-3H3. The molecule has 0 unspecified atom stereocenters. The number of hydrogen-bond donors (Lipinski definition) is 1. The summed E-state index contributed by atoms with van der Waals surface area (Å²) >= 11 is 0. The van der Waals surface area contributed by atoms with E-state index in [4.69, 9.17) is 0 Å². The van der Waals surface area contributed by atoms with E-state index in [-0.39, 0.29) is 5.54 Å². The lowest BCUT2D eigenvalue weighted by molar-refractivity contribution is 0.491. The van der Waals surface area contributed by atoms with Crippen molar-refractivity contribution in [3.63, 3.8) is 0 Å².